The Labute approximate surface area is 156 Å². The van der Waals surface area contributed by atoms with E-state index in [1.54, 1.807) is 12.0 Å². The molecule has 25 heavy (non-hydrogen) atoms. The van der Waals surface area contributed by atoms with E-state index in [0.717, 1.165) is 24.5 Å². The first-order chi connectivity index (χ1) is 12.0. The van der Waals surface area contributed by atoms with Crippen LogP contribution in [0, 0.1) is 5.92 Å². The van der Waals surface area contributed by atoms with Crippen molar-refractivity contribution in [2.75, 3.05) is 50.1 Å². The number of nitrogens with one attached hydrogen (secondary N) is 1. The molecule has 0 aliphatic carbocycles. The molecule has 0 bridgehead atoms. The van der Waals surface area contributed by atoms with Crippen molar-refractivity contribution in [1.82, 2.24) is 4.90 Å². The number of amides is 2. The van der Waals surface area contributed by atoms with Gasteiger partial charge >= 0.3 is 6.03 Å². The maximum absolute atomic E-state index is 12.6. The van der Waals surface area contributed by atoms with Gasteiger partial charge in [-0.1, -0.05) is 25.4 Å². The minimum absolute atomic E-state index is 0.118. The van der Waals surface area contributed by atoms with E-state index >= 15 is 0 Å². The maximum Gasteiger partial charge on any atom is 0.321 e. The number of rotatable bonds is 7. The van der Waals surface area contributed by atoms with Gasteiger partial charge < -0.3 is 19.9 Å². The van der Waals surface area contributed by atoms with Crippen molar-refractivity contribution in [3.05, 3.63) is 23.2 Å². The molecule has 0 radical (unpaired) electrons. The first kappa shape index (κ1) is 19.9. The quantitative estimate of drug-likeness (QED) is 0.773. The molecule has 0 atom stereocenters. The van der Waals surface area contributed by atoms with Crippen molar-refractivity contribution in [3.63, 3.8) is 0 Å². The number of halogens is 1. The number of hydrogen-bond donors (Lipinski definition) is 1. The minimum Gasteiger partial charge on any atom is -0.383 e. The van der Waals surface area contributed by atoms with Crippen LogP contribution in [0.1, 0.15) is 33.1 Å². The highest BCUT2D eigenvalue weighted by atomic mass is 35.5. The molecule has 0 aromatic heterocycles. The molecule has 1 heterocycles. The lowest BCUT2D eigenvalue weighted by Gasteiger charge is -2.30. The summed E-state index contributed by atoms with van der Waals surface area (Å²) in [6, 6.07) is 5.66. The average molecular weight is 368 g/mol. The van der Waals surface area contributed by atoms with Crippen molar-refractivity contribution in [1.29, 1.82) is 0 Å². The van der Waals surface area contributed by atoms with Crippen molar-refractivity contribution in [3.8, 4) is 0 Å². The molecule has 0 spiro atoms. The second-order valence-corrected chi connectivity index (χ2v) is 7.38. The summed E-state index contributed by atoms with van der Waals surface area (Å²) in [7, 11) is 1.64. The third kappa shape index (κ3) is 6.08. The van der Waals surface area contributed by atoms with Crippen LogP contribution in [0.3, 0.4) is 0 Å². The van der Waals surface area contributed by atoms with Gasteiger partial charge in [0.2, 0.25) is 0 Å². The van der Waals surface area contributed by atoms with Gasteiger partial charge in [-0.05, 0) is 43.4 Å². The van der Waals surface area contributed by atoms with Crippen LogP contribution in [0.15, 0.2) is 18.2 Å². The summed E-state index contributed by atoms with van der Waals surface area (Å²) in [6.45, 7) is 8.06. The van der Waals surface area contributed by atoms with Crippen LogP contribution < -0.4 is 10.2 Å². The van der Waals surface area contributed by atoms with Crippen LogP contribution >= 0.6 is 11.6 Å². The van der Waals surface area contributed by atoms with E-state index in [1.807, 2.05) is 18.2 Å². The summed E-state index contributed by atoms with van der Waals surface area (Å²) < 4.78 is 5.11. The third-order valence-electron chi connectivity index (χ3n) is 4.33. The molecule has 1 N–H and O–H groups in total. The van der Waals surface area contributed by atoms with Crippen LogP contribution in [0.4, 0.5) is 16.2 Å². The molecule has 1 aromatic carbocycles. The van der Waals surface area contributed by atoms with E-state index in [1.165, 1.54) is 19.3 Å². The van der Waals surface area contributed by atoms with Crippen molar-refractivity contribution >= 4 is 29.0 Å². The molecule has 1 saturated heterocycles. The lowest BCUT2D eigenvalue weighted by molar-refractivity contribution is 0.150. The van der Waals surface area contributed by atoms with Crippen LogP contribution in [0.5, 0.6) is 0 Å². The Morgan fingerprint density at radius 2 is 2.04 bits per heavy atom. The smallest absolute Gasteiger partial charge is 0.321 e. The summed E-state index contributed by atoms with van der Waals surface area (Å²) in [4.78, 5) is 16.7. The van der Waals surface area contributed by atoms with Crippen molar-refractivity contribution in [2.24, 2.45) is 5.92 Å². The number of urea groups is 1. The van der Waals surface area contributed by atoms with Crippen LogP contribution in [-0.2, 0) is 4.74 Å². The van der Waals surface area contributed by atoms with Gasteiger partial charge in [-0.25, -0.2) is 4.79 Å². The Morgan fingerprint density at radius 3 is 2.64 bits per heavy atom. The fourth-order valence-corrected chi connectivity index (χ4v) is 3.40. The number of anilines is 2. The monoisotopic (exact) mass is 367 g/mol. The van der Waals surface area contributed by atoms with E-state index in [2.05, 4.69) is 24.1 Å². The minimum atomic E-state index is -0.118. The van der Waals surface area contributed by atoms with Gasteiger partial charge in [-0.15, -0.1) is 0 Å². The topological polar surface area (TPSA) is 44.8 Å². The number of methoxy groups -OCH3 is 1. The standard InChI is InChI=1S/C19H30ClN3O2/c1-15(2)14-23(11-12-25-3)19(24)21-16-7-8-18(17(20)13-16)22-9-5-4-6-10-22/h7-8,13,15H,4-6,9-12,14H2,1-3H3,(H,21,24). The number of ether oxygens (including phenoxy) is 1. The van der Waals surface area contributed by atoms with Gasteiger partial charge in [0, 0.05) is 39.0 Å². The molecule has 140 valence electrons. The van der Waals surface area contributed by atoms with Gasteiger partial charge in [0.05, 0.1) is 17.3 Å². The van der Waals surface area contributed by atoms with E-state index in [-0.39, 0.29) is 6.03 Å². The number of hydrogen-bond acceptors (Lipinski definition) is 3. The number of carbonyl (C=O) groups excluding carboxylic acids is 1. The van der Waals surface area contributed by atoms with Gasteiger partial charge in [0.25, 0.3) is 0 Å². The van der Waals surface area contributed by atoms with Crippen LogP contribution in [-0.4, -0.2) is 50.8 Å². The number of benzene rings is 1. The summed E-state index contributed by atoms with van der Waals surface area (Å²) in [6.07, 6.45) is 3.70. The highest BCUT2D eigenvalue weighted by Gasteiger charge is 2.17. The Morgan fingerprint density at radius 1 is 1.32 bits per heavy atom. The molecule has 6 heteroatoms. The molecule has 1 aliphatic heterocycles. The molecule has 2 rings (SSSR count). The molecule has 5 nitrogen and oxygen atoms in total. The Balaban J connectivity index is 2.02. The largest absolute Gasteiger partial charge is 0.383 e. The fraction of sp³-hybridized carbons (Fsp3) is 0.632. The third-order valence-corrected chi connectivity index (χ3v) is 4.64. The van der Waals surface area contributed by atoms with E-state index in [4.69, 9.17) is 16.3 Å². The summed E-state index contributed by atoms with van der Waals surface area (Å²) in [5.41, 5.74) is 1.78. The second kappa shape index (κ2) is 9.88. The van der Waals surface area contributed by atoms with Crippen LogP contribution in [0.2, 0.25) is 5.02 Å². The normalized spacial score (nSPS) is 14.7. The molecule has 0 saturated carbocycles. The van der Waals surface area contributed by atoms with Gasteiger partial charge in [0.1, 0.15) is 0 Å². The first-order valence-corrected chi connectivity index (χ1v) is 9.48. The van der Waals surface area contributed by atoms with E-state index < -0.39 is 0 Å². The van der Waals surface area contributed by atoms with Gasteiger partial charge in [-0.3, -0.25) is 0 Å². The highest BCUT2D eigenvalue weighted by molar-refractivity contribution is 6.33. The Kier molecular flexibility index (Phi) is 7.85. The highest BCUT2D eigenvalue weighted by Crippen LogP contribution is 2.30. The summed E-state index contributed by atoms with van der Waals surface area (Å²) in [5, 5.41) is 3.64. The zero-order valence-corrected chi connectivity index (χ0v) is 16.3. The molecular formula is C19H30ClN3O2. The molecular weight excluding hydrogens is 338 g/mol. The number of nitrogens with zero attached hydrogens (tertiary/aromatic N) is 2. The molecule has 1 aliphatic rings. The Hall–Kier alpha value is -1.46. The molecule has 1 fully saturated rings. The lowest BCUT2D eigenvalue weighted by Crippen LogP contribution is -2.39. The van der Waals surface area contributed by atoms with Gasteiger partial charge in [0.15, 0.2) is 0 Å². The van der Waals surface area contributed by atoms with Crippen molar-refractivity contribution in [2.45, 2.75) is 33.1 Å². The summed E-state index contributed by atoms with van der Waals surface area (Å²) in [5.74, 6) is 0.396. The van der Waals surface area contributed by atoms with Crippen LogP contribution in [0.25, 0.3) is 0 Å². The number of piperidine rings is 1. The first-order valence-electron chi connectivity index (χ1n) is 9.10. The molecule has 1 aromatic rings. The Bertz CT molecular complexity index is 560. The van der Waals surface area contributed by atoms with Gasteiger partial charge in [-0.2, -0.15) is 0 Å². The maximum atomic E-state index is 12.6. The molecule has 0 unspecified atom stereocenters. The second-order valence-electron chi connectivity index (χ2n) is 6.98. The van der Waals surface area contributed by atoms with E-state index in [0.29, 0.717) is 30.6 Å². The predicted octanol–water partition coefficient (Wildman–Crippen LogP) is 4.47. The fourth-order valence-electron chi connectivity index (χ4n) is 3.10. The number of carbonyl (C=O) groups is 1. The zero-order valence-electron chi connectivity index (χ0n) is 15.6. The predicted molar refractivity (Wildman–Crippen MR) is 105 cm³/mol. The summed E-state index contributed by atoms with van der Waals surface area (Å²) >= 11 is 6.47. The molecule has 2 amide bonds. The SMILES string of the molecule is COCCN(CC(C)C)C(=O)Nc1ccc(N2CCCCC2)c(Cl)c1. The average Bonchev–Trinajstić information content (AvgIpc) is 2.59. The van der Waals surface area contributed by atoms with Crippen molar-refractivity contribution < 1.29 is 9.53 Å². The zero-order chi connectivity index (χ0) is 18.2. The lowest BCUT2D eigenvalue weighted by atomic mass is 10.1. The van der Waals surface area contributed by atoms with E-state index in [9.17, 15) is 4.79 Å².